The summed E-state index contributed by atoms with van der Waals surface area (Å²) in [5.74, 6) is 1.15. The largest absolute Gasteiger partial charge is 0.491 e. The first kappa shape index (κ1) is 29.5. The van der Waals surface area contributed by atoms with E-state index in [2.05, 4.69) is 45.0 Å². The van der Waals surface area contributed by atoms with Gasteiger partial charge in [0.15, 0.2) is 0 Å². The van der Waals surface area contributed by atoms with Crippen molar-refractivity contribution in [2.24, 2.45) is 0 Å². The second-order valence-electron chi connectivity index (χ2n) is 10.4. The lowest BCUT2D eigenvalue weighted by Gasteiger charge is -2.15. The highest BCUT2D eigenvalue weighted by molar-refractivity contribution is 5.91. The summed E-state index contributed by atoms with van der Waals surface area (Å²) in [7, 11) is 0. The van der Waals surface area contributed by atoms with Crippen molar-refractivity contribution >= 4 is 5.97 Å². The van der Waals surface area contributed by atoms with Crippen molar-refractivity contribution in [2.75, 3.05) is 0 Å². The summed E-state index contributed by atoms with van der Waals surface area (Å²) in [6.45, 7) is 6.62. The van der Waals surface area contributed by atoms with Crippen LogP contribution >= 0.6 is 0 Å². The lowest BCUT2D eigenvalue weighted by atomic mass is 10.0. The average molecular weight is 515 g/mol. The summed E-state index contributed by atoms with van der Waals surface area (Å²) in [6.07, 6.45) is 15.2. The predicted octanol–water partition coefficient (Wildman–Crippen LogP) is 10.2. The van der Waals surface area contributed by atoms with E-state index in [9.17, 15) is 4.79 Å². The first-order valence-electron chi connectivity index (χ1n) is 14.8. The van der Waals surface area contributed by atoms with Crippen LogP contribution in [-0.4, -0.2) is 12.1 Å². The predicted molar refractivity (Wildman–Crippen MR) is 159 cm³/mol. The van der Waals surface area contributed by atoms with Crippen LogP contribution in [-0.2, 0) is 6.42 Å². The van der Waals surface area contributed by atoms with Gasteiger partial charge in [-0.2, -0.15) is 0 Å². The normalized spacial score (nSPS) is 11.8. The van der Waals surface area contributed by atoms with Crippen molar-refractivity contribution in [1.82, 2.24) is 0 Å². The number of ether oxygens (including phenoxy) is 2. The molecule has 0 radical (unpaired) electrons. The number of carbonyl (C=O) groups is 1. The molecule has 0 aliphatic rings. The minimum atomic E-state index is -0.336. The van der Waals surface area contributed by atoms with Crippen LogP contribution in [0.3, 0.4) is 0 Å². The average Bonchev–Trinajstić information content (AvgIpc) is 2.94. The third-order valence-electron chi connectivity index (χ3n) is 7.06. The number of esters is 1. The van der Waals surface area contributed by atoms with Gasteiger partial charge in [0, 0.05) is 0 Å². The van der Waals surface area contributed by atoms with Gasteiger partial charge in [-0.25, -0.2) is 4.79 Å². The number of hydrogen-bond donors (Lipinski definition) is 0. The molecule has 0 saturated carbocycles. The van der Waals surface area contributed by atoms with E-state index in [0.29, 0.717) is 11.3 Å². The Morgan fingerprint density at radius 1 is 0.632 bits per heavy atom. The van der Waals surface area contributed by atoms with E-state index in [4.69, 9.17) is 9.47 Å². The van der Waals surface area contributed by atoms with Crippen molar-refractivity contribution < 1.29 is 14.3 Å². The molecule has 0 aromatic heterocycles. The molecule has 38 heavy (non-hydrogen) atoms. The van der Waals surface area contributed by atoms with Crippen LogP contribution in [0.25, 0.3) is 11.1 Å². The Balaban J connectivity index is 1.45. The highest BCUT2D eigenvalue weighted by Crippen LogP contribution is 2.25. The quantitative estimate of drug-likeness (QED) is 0.102. The van der Waals surface area contributed by atoms with E-state index in [1.165, 1.54) is 69.8 Å². The van der Waals surface area contributed by atoms with E-state index in [1.807, 2.05) is 48.5 Å². The van der Waals surface area contributed by atoms with Gasteiger partial charge >= 0.3 is 5.97 Å². The number of aryl methyl sites for hydroxylation is 1. The molecular weight excluding hydrogens is 468 g/mol. The number of rotatable bonds is 17. The molecule has 3 heteroatoms. The van der Waals surface area contributed by atoms with Gasteiger partial charge < -0.3 is 9.47 Å². The lowest BCUT2D eigenvalue weighted by Crippen LogP contribution is -2.11. The van der Waals surface area contributed by atoms with E-state index >= 15 is 0 Å². The van der Waals surface area contributed by atoms with Gasteiger partial charge in [-0.1, -0.05) is 102 Å². The molecule has 204 valence electrons. The number of carbonyl (C=O) groups excluding carboxylic acids is 1. The molecule has 0 saturated heterocycles. The van der Waals surface area contributed by atoms with Crippen LogP contribution in [0, 0.1) is 0 Å². The summed E-state index contributed by atoms with van der Waals surface area (Å²) < 4.78 is 11.7. The summed E-state index contributed by atoms with van der Waals surface area (Å²) >= 11 is 0. The summed E-state index contributed by atoms with van der Waals surface area (Å²) in [5, 5.41) is 0. The topological polar surface area (TPSA) is 35.5 Å². The van der Waals surface area contributed by atoms with Crippen molar-refractivity contribution in [1.29, 1.82) is 0 Å². The van der Waals surface area contributed by atoms with Gasteiger partial charge in [0.25, 0.3) is 0 Å². The monoisotopic (exact) mass is 514 g/mol. The van der Waals surface area contributed by atoms with Crippen LogP contribution in [0.2, 0.25) is 0 Å². The SMILES string of the molecule is CCCCCCCCc1ccc(OC(=O)c2ccc(-c3ccc(OC(C)CCCCCC)cc3)cc2)cc1. The van der Waals surface area contributed by atoms with Crippen LogP contribution in [0.1, 0.15) is 107 Å². The summed E-state index contributed by atoms with van der Waals surface area (Å²) in [6, 6.07) is 23.7. The van der Waals surface area contributed by atoms with E-state index < -0.39 is 0 Å². The third-order valence-corrected chi connectivity index (χ3v) is 7.06. The first-order chi connectivity index (χ1) is 18.6. The molecular formula is C35H46O3. The van der Waals surface area contributed by atoms with Crippen molar-refractivity contribution in [2.45, 2.75) is 104 Å². The fourth-order valence-electron chi connectivity index (χ4n) is 4.67. The highest BCUT2D eigenvalue weighted by Gasteiger charge is 2.10. The van der Waals surface area contributed by atoms with Crippen LogP contribution in [0.15, 0.2) is 72.8 Å². The molecule has 0 spiro atoms. The zero-order chi connectivity index (χ0) is 27.0. The molecule has 1 atom stereocenters. The van der Waals surface area contributed by atoms with Gasteiger partial charge in [-0.3, -0.25) is 0 Å². The molecule has 3 nitrogen and oxygen atoms in total. The maximum Gasteiger partial charge on any atom is 0.343 e. The minimum absolute atomic E-state index is 0.222. The van der Waals surface area contributed by atoms with Gasteiger partial charge in [-0.05, 0) is 85.7 Å². The highest BCUT2D eigenvalue weighted by atomic mass is 16.5. The van der Waals surface area contributed by atoms with Gasteiger partial charge in [0.05, 0.1) is 11.7 Å². The Kier molecular flexibility index (Phi) is 13.0. The fraction of sp³-hybridized carbons (Fsp3) is 0.457. The molecule has 3 rings (SSSR count). The zero-order valence-corrected chi connectivity index (χ0v) is 23.7. The minimum Gasteiger partial charge on any atom is -0.491 e. The van der Waals surface area contributed by atoms with Crippen molar-refractivity contribution in [3.05, 3.63) is 83.9 Å². The molecule has 0 N–H and O–H groups in total. The summed E-state index contributed by atoms with van der Waals surface area (Å²) in [5.41, 5.74) is 3.98. The Hall–Kier alpha value is -3.07. The fourth-order valence-corrected chi connectivity index (χ4v) is 4.67. The van der Waals surface area contributed by atoms with Crippen molar-refractivity contribution in [3.8, 4) is 22.6 Å². The number of hydrogen-bond acceptors (Lipinski definition) is 3. The molecule has 0 amide bonds. The first-order valence-corrected chi connectivity index (χ1v) is 14.8. The van der Waals surface area contributed by atoms with E-state index in [0.717, 1.165) is 29.7 Å². The van der Waals surface area contributed by atoms with Gasteiger partial charge in [-0.15, -0.1) is 0 Å². The molecule has 3 aromatic rings. The molecule has 1 unspecified atom stereocenters. The zero-order valence-electron chi connectivity index (χ0n) is 23.7. The van der Waals surface area contributed by atoms with Crippen LogP contribution in [0.5, 0.6) is 11.5 Å². The molecule has 0 bridgehead atoms. The van der Waals surface area contributed by atoms with E-state index in [1.54, 1.807) is 0 Å². The second-order valence-corrected chi connectivity index (χ2v) is 10.4. The lowest BCUT2D eigenvalue weighted by molar-refractivity contribution is 0.0734. The van der Waals surface area contributed by atoms with Crippen LogP contribution in [0.4, 0.5) is 0 Å². The standard InChI is InChI=1S/C35H46O3/c1-4-6-8-10-11-13-15-29-16-24-34(25-17-29)38-35(36)32-20-18-30(19-21-32)31-22-26-33(27-23-31)37-28(3)14-12-9-7-5-2/h16-28H,4-15H2,1-3H3. The van der Waals surface area contributed by atoms with Crippen molar-refractivity contribution in [3.63, 3.8) is 0 Å². The number of unbranched alkanes of at least 4 members (excludes halogenated alkanes) is 8. The smallest absolute Gasteiger partial charge is 0.343 e. The Labute approximate surface area is 230 Å². The van der Waals surface area contributed by atoms with Gasteiger partial charge in [0.2, 0.25) is 0 Å². The van der Waals surface area contributed by atoms with E-state index in [-0.39, 0.29) is 12.1 Å². The Morgan fingerprint density at radius 3 is 1.79 bits per heavy atom. The maximum absolute atomic E-state index is 12.7. The molecule has 3 aromatic carbocycles. The Morgan fingerprint density at radius 2 is 1.16 bits per heavy atom. The molecule has 0 aliphatic heterocycles. The Bertz CT molecular complexity index is 1050. The maximum atomic E-state index is 12.7. The van der Waals surface area contributed by atoms with Crippen LogP contribution < -0.4 is 9.47 Å². The van der Waals surface area contributed by atoms with Gasteiger partial charge in [0.1, 0.15) is 11.5 Å². The third kappa shape index (κ3) is 10.4. The molecule has 0 aliphatic carbocycles. The summed E-state index contributed by atoms with van der Waals surface area (Å²) in [4.78, 5) is 12.7. The second kappa shape index (κ2) is 16.7. The number of benzene rings is 3. The molecule has 0 heterocycles. The molecule has 0 fully saturated rings.